The Bertz CT molecular complexity index is 534. The second kappa shape index (κ2) is 14.4. The van der Waals surface area contributed by atoms with Crippen molar-refractivity contribution in [2.75, 3.05) is 45.8 Å². The van der Waals surface area contributed by atoms with Crippen LogP contribution in [0.4, 0.5) is 0 Å². The molecule has 0 radical (unpaired) electrons. The van der Waals surface area contributed by atoms with E-state index in [2.05, 4.69) is 21.3 Å². The number of aliphatic carboxylic acids is 1. The molecule has 5 N–H and O–H groups in total. The number of rotatable bonds is 14. The van der Waals surface area contributed by atoms with Gasteiger partial charge in [0.15, 0.2) is 0 Å². The van der Waals surface area contributed by atoms with Crippen LogP contribution in [0.1, 0.15) is 27.2 Å². The first-order valence-electron chi connectivity index (χ1n) is 9.09. The summed E-state index contributed by atoms with van der Waals surface area (Å²) in [5.74, 6) is -2.68. The number of carboxylic acids is 1. The normalized spacial score (nSPS) is 11.4. The fourth-order valence-corrected chi connectivity index (χ4v) is 2.23. The molecule has 0 heterocycles. The number of hydrogen-bond donors (Lipinski definition) is 5. The zero-order chi connectivity index (χ0) is 21.5. The van der Waals surface area contributed by atoms with Crippen molar-refractivity contribution in [3.8, 4) is 0 Å². The molecule has 0 aromatic rings. The van der Waals surface area contributed by atoms with Crippen LogP contribution >= 0.6 is 0 Å². The minimum Gasteiger partial charge on any atom is -0.481 e. The lowest BCUT2D eigenvalue weighted by Crippen LogP contribution is -2.45. The van der Waals surface area contributed by atoms with Gasteiger partial charge in [0.05, 0.1) is 13.0 Å². The molecule has 11 nitrogen and oxygen atoms in total. The van der Waals surface area contributed by atoms with Crippen molar-refractivity contribution in [2.24, 2.45) is 5.92 Å². The van der Waals surface area contributed by atoms with E-state index in [4.69, 9.17) is 5.11 Å². The van der Waals surface area contributed by atoms with Gasteiger partial charge in [-0.1, -0.05) is 6.92 Å². The maximum absolute atomic E-state index is 12.1. The highest BCUT2D eigenvalue weighted by Crippen LogP contribution is 2.00. The maximum Gasteiger partial charge on any atom is 0.304 e. The van der Waals surface area contributed by atoms with E-state index >= 15 is 0 Å². The average Bonchev–Trinajstić information content (AvgIpc) is 2.57. The highest BCUT2D eigenvalue weighted by molar-refractivity contribution is 5.83. The first-order chi connectivity index (χ1) is 13.1. The number of carbonyl (C=O) groups excluding carboxylic acids is 4. The zero-order valence-corrected chi connectivity index (χ0v) is 16.7. The second-order valence-corrected chi connectivity index (χ2v) is 6.38. The van der Waals surface area contributed by atoms with Crippen LogP contribution in [0.5, 0.6) is 0 Å². The van der Waals surface area contributed by atoms with Gasteiger partial charge in [0.2, 0.25) is 23.6 Å². The van der Waals surface area contributed by atoms with E-state index in [1.54, 1.807) is 4.90 Å². The van der Waals surface area contributed by atoms with Gasteiger partial charge in [-0.3, -0.25) is 28.9 Å². The van der Waals surface area contributed by atoms with Gasteiger partial charge in [-0.15, -0.1) is 0 Å². The fraction of sp³-hybridized carbons (Fsp3) is 0.706. The Morgan fingerprint density at radius 3 is 1.79 bits per heavy atom. The minimum absolute atomic E-state index is 0.0720. The number of hydrogen-bond acceptors (Lipinski definition) is 6. The van der Waals surface area contributed by atoms with E-state index in [9.17, 15) is 24.0 Å². The maximum atomic E-state index is 12.1. The first kappa shape index (κ1) is 25.3. The molecular formula is C17H31N5O6. The summed E-state index contributed by atoms with van der Waals surface area (Å²) >= 11 is 0. The topological polar surface area (TPSA) is 157 Å². The van der Waals surface area contributed by atoms with Crippen molar-refractivity contribution in [3.63, 3.8) is 0 Å². The summed E-state index contributed by atoms with van der Waals surface area (Å²) in [4.78, 5) is 58.0. The predicted molar refractivity (Wildman–Crippen MR) is 101 cm³/mol. The molecule has 0 aromatic heterocycles. The van der Waals surface area contributed by atoms with E-state index in [0.717, 1.165) is 0 Å². The summed E-state index contributed by atoms with van der Waals surface area (Å²) in [7, 11) is 0. The molecule has 11 heteroatoms. The lowest BCUT2D eigenvalue weighted by Gasteiger charge is -2.22. The number of amides is 4. The Balaban J connectivity index is 4.22. The third-order valence-electron chi connectivity index (χ3n) is 3.65. The van der Waals surface area contributed by atoms with Crippen LogP contribution in [0.15, 0.2) is 0 Å². The van der Waals surface area contributed by atoms with Gasteiger partial charge >= 0.3 is 5.97 Å². The zero-order valence-electron chi connectivity index (χ0n) is 16.7. The molecule has 0 rings (SSSR count). The van der Waals surface area contributed by atoms with Crippen molar-refractivity contribution in [1.29, 1.82) is 0 Å². The molecule has 0 fully saturated rings. The third kappa shape index (κ3) is 14.5. The summed E-state index contributed by atoms with van der Waals surface area (Å²) in [6, 6.07) is 0. The monoisotopic (exact) mass is 401 g/mol. The van der Waals surface area contributed by atoms with Gasteiger partial charge in [-0.05, 0) is 0 Å². The molecule has 0 saturated carbocycles. The van der Waals surface area contributed by atoms with Crippen molar-refractivity contribution in [2.45, 2.75) is 27.2 Å². The molecule has 0 aromatic carbocycles. The van der Waals surface area contributed by atoms with Crippen LogP contribution in [0, 0.1) is 5.92 Å². The largest absolute Gasteiger partial charge is 0.481 e. The summed E-state index contributed by atoms with van der Waals surface area (Å²) in [5, 5.41) is 19.2. The van der Waals surface area contributed by atoms with Crippen LogP contribution in [0.25, 0.3) is 0 Å². The molecule has 0 unspecified atom stereocenters. The number of nitrogens with one attached hydrogen (secondary N) is 4. The van der Waals surface area contributed by atoms with Crippen molar-refractivity contribution < 1.29 is 29.1 Å². The molecule has 0 bridgehead atoms. The van der Waals surface area contributed by atoms with E-state index in [1.165, 1.54) is 20.8 Å². The smallest absolute Gasteiger partial charge is 0.304 e. The molecule has 4 amide bonds. The summed E-state index contributed by atoms with van der Waals surface area (Å²) < 4.78 is 0. The van der Waals surface area contributed by atoms with Crippen LogP contribution in [0.2, 0.25) is 0 Å². The number of nitrogens with zero attached hydrogens (tertiary/aromatic N) is 1. The van der Waals surface area contributed by atoms with Crippen LogP contribution in [0.3, 0.4) is 0 Å². The standard InChI is InChI=1S/C17H31N5O6/c1-12(10-16(26)27)17(28)21-5-4-20-15(25)11-22(8-6-18-13(2)23)9-7-19-14(3)24/h12H,4-11H2,1-3H3,(H,18,23)(H,19,24)(H,20,25)(H,21,28)(H,26,27)/t12-/m0/s1. The SMILES string of the molecule is CC(=O)NCCN(CCNC(C)=O)CC(=O)NCCNC(=O)[C@@H](C)CC(=O)O. The lowest BCUT2D eigenvalue weighted by atomic mass is 10.1. The Labute approximate surface area is 164 Å². The van der Waals surface area contributed by atoms with E-state index in [0.29, 0.717) is 26.2 Å². The van der Waals surface area contributed by atoms with Gasteiger partial charge < -0.3 is 26.4 Å². The lowest BCUT2D eigenvalue weighted by molar-refractivity contribution is -0.140. The average molecular weight is 401 g/mol. The minimum atomic E-state index is -1.05. The number of carboxylic acid groups (broad SMARTS) is 1. The van der Waals surface area contributed by atoms with E-state index in [-0.39, 0.29) is 49.7 Å². The molecule has 0 aliphatic heterocycles. The predicted octanol–water partition coefficient (Wildman–Crippen LogP) is -2.10. The molecule has 0 saturated heterocycles. The molecule has 160 valence electrons. The molecule has 28 heavy (non-hydrogen) atoms. The fourth-order valence-electron chi connectivity index (χ4n) is 2.23. The molecule has 0 aliphatic carbocycles. The van der Waals surface area contributed by atoms with Gasteiger partial charge in [0.1, 0.15) is 0 Å². The van der Waals surface area contributed by atoms with Gasteiger partial charge in [-0.25, -0.2) is 0 Å². The number of carbonyl (C=O) groups is 5. The molecular weight excluding hydrogens is 370 g/mol. The highest BCUT2D eigenvalue weighted by atomic mass is 16.4. The second-order valence-electron chi connectivity index (χ2n) is 6.38. The molecule has 0 spiro atoms. The molecule has 1 atom stereocenters. The van der Waals surface area contributed by atoms with Gasteiger partial charge in [0.25, 0.3) is 0 Å². The Morgan fingerprint density at radius 2 is 1.32 bits per heavy atom. The highest BCUT2D eigenvalue weighted by Gasteiger charge is 2.16. The van der Waals surface area contributed by atoms with Crippen molar-refractivity contribution in [1.82, 2.24) is 26.2 Å². The Kier molecular flexibility index (Phi) is 13.0. The Morgan fingerprint density at radius 1 is 0.821 bits per heavy atom. The van der Waals surface area contributed by atoms with Crippen LogP contribution in [-0.2, 0) is 24.0 Å². The summed E-state index contributed by atoms with van der Waals surface area (Å²) in [5.41, 5.74) is 0. The van der Waals surface area contributed by atoms with Gasteiger partial charge in [-0.2, -0.15) is 0 Å². The Hall–Kier alpha value is -2.69. The van der Waals surface area contributed by atoms with E-state index < -0.39 is 11.9 Å². The van der Waals surface area contributed by atoms with Crippen LogP contribution < -0.4 is 21.3 Å². The third-order valence-corrected chi connectivity index (χ3v) is 3.65. The van der Waals surface area contributed by atoms with E-state index in [1.807, 2.05) is 0 Å². The summed E-state index contributed by atoms with van der Waals surface area (Å²) in [6.07, 6.45) is -0.254. The van der Waals surface area contributed by atoms with Crippen LogP contribution in [-0.4, -0.2) is 85.4 Å². The first-order valence-corrected chi connectivity index (χ1v) is 9.09. The van der Waals surface area contributed by atoms with Crippen molar-refractivity contribution >= 4 is 29.6 Å². The molecule has 0 aliphatic rings. The summed E-state index contributed by atoms with van der Waals surface area (Å²) in [6.45, 7) is 6.42. The quantitative estimate of drug-likeness (QED) is 0.209. The van der Waals surface area contributed by atoms with Gasteiger partial charge in [0, 0.05) is 59.0 Å². The van der Waals surface area contributed by atoms with Crippen molar-refractivity contribution in [3.05, 3.63) is 0 Å².